The van der Waals surface area contributed by atoms with Crippen molar-refractivity contribution in [1.29, 1.82) is 0 Å². The first-order chi connectivity index (χ1) is 6.60. The normalized spacial score (nSPS) is 10.2. The van der Waals surface area contributed by atoms with Gasteiger partial charge in [0.15, 0.2) is 0 Å². The number of unbranched alkanes of at least 4 members (excludes halogenated alkanes) is 1. The lowest BCUT2D eigenvalue weighted by atomic mass is 10.2. The molecule has 0 spiro atoms. The molecule has 0 aliphatic carbocycles. The van der Waals surface area contributed by atoms with Crippen LogP contribution in [-0.4, -0.2) is 24.5 Å². The molecular formula is C13H23N. The third-order valence-electron chi connectivity index (χ3n) is 2.04. The summed E-state index contributed by atoms with van der Waals surface area (Å²) in [5.41, 5.74) is 2.29. The van der Waals surface area contributed by atoms with Crippen LogP contribution in [0.1, 0.15) is 26.7 Å². The monoisotopic (exact) mass is 193 g/mol. The van der Waals surface area contributed by atoms with Crippen molar-refractivity contribution < 1.29 is 0 Å². The largest absolute Gasteiger partial charge is 0.295 e. The molecule has 0 saturated heterocycles. The van der Waals surface area contributed by atoms with Crippen LogP contribution in [0.2, 0.25) is 0 Å². The van der Waals surface area contributed by atoms with E-state index in [2.05, 4.69) is 38.5 Å². The van der Waals surface area contributed by atoms with Crippen LogP contribution < -0.4 is 0 Å². The molecule has 14 heavy (non-hydrogen) atoms. The fourth-order valence-corrected chi connectivity index (χ4v) is 1.33. The average Bonchev–Trinajstić information content (AvgIpc) is 2.13. The second kappa shape index (κ2) is 7.57. The van der Waals surface area contributed by atoms with Gasteiger partial charge in [0, 0.05) is 13.1 Å². The molecule has 0 atom stereocenters. The molecule has 0 N–H and O–H groups in total. The maximum Gasteiger partial charge on any atom is 0.0231 e. The summed E-state index contributed by atoms with van der Waals surface area (Å²) in [6.45, 7) is 18.9. The van der Waals surface area contributed by atoms with Crippen molar-refractivity contribution in [2.75, 3.05) is 19.6 Å². The molecule has 1 nitrogen and oxygen atoms in total. The summed E-state index contributed by atoms with van der Waals surface area (Å²) in [6.07, 6.45) is 4.29. The van der Waals surface area contributed by atoms with Crippen LogP contribution in [0.5, 0.6) is 0 Å². The van der Waals surface area contributed by atoms with E-state index < -0.39 is 0 Å². The van der Waals surface area contributed by atoms with E-state index in [1.807, 2.05) is 6.08 Å². The van der Waals surface area contributed by atoms with Crippen molar-refractivity contribution in [2.24, 2.45) is 0 Å². The predicted molar refractivity (Wildman–Crippen MR) is 65.5 cm³/mol. The molecule has 0 unspecified atom stereocenters. The van der Waals surface area contributed by atoms with E-state index in [1.165, 1.54) is 18.4 Å². The number of hydrogen-bond donors (Lipinski definition) is 0. The van der Waals surface area contributed by atoms with Crippen molar-refractivity contribution >= 4 is 0 Å². The highest BCUT2D eigenvalue weighted by atomic mass is 15.1. The van der Waals surface area contributed by atoms with Gasteiger partial charge < -0.3 is 0 Å². The Morgan fingerprint density at radius 2 is 1.93 bits per heavy atom. The molecular weight excluding hydrogens is 170 g/mol. The van der Waals surface area contributed by atoms with Gasteiger partial charge >= 0.3 is 0 Å². The molecule has 80 valence electrons. The SMILES string of the molecule is C=CC(=C)CN(CCCC)CC(=C)C. The zero-order chi connectivity index (χ0) is 11.0. The average molecular weight is 193 g/mol. The summed E-state index contributed by atoms with van der Waals surface area (Å²) in [4.78, 5) is 2.37. The molecule has 0 fully saturated rings. The Morgan fingerprint density at radius 1 is 1.29 bits per heavy atom. The Labute approximate surface area is 88.8 Å². The summed E-state index contributed by atoms with van der Waals surface area (Å²) in [5.74, 6) is 0. The minimum Gasteiger partial charge on any atom is -0.295 e. The van der Waals surface area contributed by atoms with E-state index in [1.54, 1.807) is 0 Å². The molecule has 0 aromatic carbocycles. The van der Waals surface area contributed by atoms with Crippen LogP contribution in [0.15, 0.2) is 37.0 Å². The van der Waals surface area contributed by atoms with Gasteiger partial charge in [-0.05, 0) is 25.5 Å². The van der Waals surface area contributed by atoms with Crippen LogP contribution in [0, 0.1) is 0 Å². The van der Waals surface area contributed by atoms with Crippen molar-refractivity contribution in [3.8, 4) is 0 Å². The Kier molecular flexibility index (Phi) is 7.13. The zero-order valence-corrected chi connectivity index (χ0v) is 9.68. The van der Waals surface area contributed by atoms with Gasteiger partial charge in [-0.25, -0.2) is 0 Å². The third-order valence-corrected chi connectivity index (χ3v) is 2.04. The van der Waals surface area contributed by atoms with Gasteiger partial charge in [0.05, 0.1) is 0 Å². The van der Waals surface area contributed by atoms with E-state index in [0.29, 0.717) is 0 Å². The lowest BCUT2D eigenvalue weighted by Gasteiger charge is -2.22. The first kappa shape index (κ1) is 13.2. The smallest absolute Gasteiger partial charge is 0.0231 e. The molecule has 1 heteroatoms. The van der Waals surface area contributed by atoms with Crippen LogP contribution in [0.4, 0.5) is 0 Å². The van der Waals surface area contributed by atoms with E-state index in [0.717, 1.165) is 25.2 Å². The zero-order valence-electron chi connectivity index (χ0n) is 9.68. The third kappa shape index (κ3) is 6.67. The maximum absolute atomic E-state index is 3.94. The van der Waals surface area contributed by atoms with Gasteiger partial charge in [-0.2, -0.15) is 0 Å². The highest BCUT2D eigenvalue weighted by molar-refractivity contribution is 5.13. The van der Waals surface area contributed by atoms with Crippen LogP contribution in [0.25, 0.3) is 0 Å². The summed E-state index contributed by atoms with van der Waals surface area (Å²) in [6, 6.07) is 0. The fraction of sp³-hybridized carbons (Fsp3) is 0.538. The molecule has 0 radical (unpaired) electrons. The van der Waals surface area contributed by atoms with Crippen molar-refractivity contribution in [1.82, 2.24) is 4.90 Å². The van der Waals surface area contributed by atoms with Gasteiger partial charge in [-0.3, -0.25) is 4.90 Å². The van der Waals surface area contributed by atoms with Crippen molar-refractivity contribution in [2.45, 2.75) is 26.7 Å². The van der Waals surface area contributed by atoms with E-state index in [9.17, 15) is 0 Å². The van der Waals surface area contributed by atoms with Gasteiger partial charge in [0.1, 0.15) is 0 Å². The lowest BCUT2D eigenvalue weighted by molar-refractivity contribution is 0.317. The number of hydrogen-bond acceptors (Lipinski definition) is 1. The van der Waals surface area contributed by atoms with Crippen LogP contribution in [0.3, 0.4) is 0 Å². The van der Waals surface area contributed by atoms with Crippen LogP contribution in [-0.2, 0) is 0 Å². The van der Waals surface area contributed by atoms with Gasteiger partial charge in [-0.15, -0.1) is 0 Å². The Hall–Kier alpha value is -0.820. The molecule has 0 amide bonds. The Bertz CT molecular complexity index is 203. The van der Waals surface area contributed by atoms with Crippen molar-refractivity contribution in [3.63, 3.8) is 0 Å². The molecule has 0 bridgehead atoms. The first-order valence-corrected chi connectivity index (χ1v) is 5.27. The predicted octanol–water partition coefficient (Wildman–Crippen LogP) is 3.41. The second-order valence-corrected chi connectivity index (χ2v) is 3.88. The van der Waals surface area contributed by atoms with Crippen molar-refractivity contribution in [3.05, 3.63) is 37.0 Å². The topological polar surface area (TPSA) is 3.24 Å². The van der Waals surface area contributed by atoms with Gasteiger partial charge in [0.25, 0.3) is 0 Å². The van der Waals surface area contributed by atoms with E-state index in [-0.39, 0.29) is 0 Å². The second-order valence-electron chi connectivity index (χ2n) is 3.88. The summed E-state index contributed by atoms with van der Waals surface area (Å²) < 4.78 is 0. The van der Waals surface area contributed by atoms with Gasteiger partial charge in [0.2, 0.25) is 0 Å². The lowest BCUT2D eigenvalue weighted by Crippen LogP contribution is -2.28. The highest BCUT2D eigenvalue weighted by Crippen LogP contribution is 2.03. The highest BCUT2D eigenvalue weighted by Gasteiger charge is 2.04. The quantitative estimate of drug-likeness (QED) is 0.422. The fourth-order valence-electron chi connectivity index (χ4n) is 1.33. The van der Waals surface area contributed by atoms with E-state index in [4.69, 9.17) is 0 Å². The summed E-state index contributed by atoms with van der Waals surface area (Å²) in [7, 11) is 0. The molecule has 0 aliphatic heterocycles. The molecule has 0 saturated carbocycles. The number of nitrogens with zero attached hydrogens (tertiary/aromatic N) is 1. The summed E-state index contributed by atoms with van der Waals surface area (Å²) in [5, 5.41) is 0. The summed E-state index contributed by atoms with van der Waals surface area (Å²) >= 11 is 0. The van der Waals surface area contributed by atoms with Crippen LogP contribution >= 0.6 is 0 Å². The molecule has 0 aliphatic rings. The number of rotatable bonds is 8. The van der Waals surface area contributed by atoms with Gasteiger partial charge in [-0.1, -0.05) is 44.7 Å². The maximum atomic E-state index is 3.94. The molecule has 0 rings (SSSR count). The Morgan fingerprint density at radius 3 is 2.36 bits per heavy atom. The standard InChI is InChI=1S/C13H23N/c1-6-8-9-14(10-12(3)4)11-13(5)7-2/h7H,2-3,5-6,8-11H2,1,4H3. The molecule has 0 heterocycles. The van der Waals surface area contributed by atoms with E-state index >= 15 is 0 Å². The molecule has 0 aromatic rings. The minimum absolute atomic E-state index is 0.913. The minimum atomic E-state index is 0.913. The first-order valence-electron chi connectivity index (χ1n) is 5.27. The molecule has 0 aromatic heterocycles. The Balaban J connectivity index is 4.02.